The topological polar surface area (TPSA) is 47.0 Å². The van der Waals surface area contributed by atoms with E-state index in [-0.39, 0.29) is 11.6 Å². The Hall–Kier alpha value is -2.24. The van der Waals surface area contributed by atoms with Gasteiger partial charge in [-0.25, -0.2) is 9.37 Å². The third kappa shape index (κ3) is 3.15. The van der Waals surface area contributed by atoms with Crippen LogP contribution in [0.4, 0.5) is 14.7 Å². The van der Waals surface area contributed by atoms with Crippen molar-refractivity contribution >= 4 is 5.95 Å². The molecule has 0 spiro atoms. The molecule has 0 saturated carbocycles. The standard InChI is InChI=1S/C13H13F2N3O/c1-3-16-13-17-8(2)7-11(18-13)19-10-6-4-5-9(14)12(10)15/h4-7H,3H2,1-2H3,(H,16,17,18). The van der Waals surface area contributed by atoms with E-state index in [0.29, 0.717) is 18.2 Å². The number of ether oxygens (including phenoxy) is 1. The molecule has 0 fully saturated rings. The summed E-state index contributed by atoms with van der Waals surface area (Å²) in [5.41, 5.74) is 0.665. The van der Waals surface area contributed by atoms with E-state index < -0.39 is 11.6 Å². The average Bonchev–Trinajstić information content (AvgIpc) is 2.35. The van der Waals surface area contributed by atoms with Crippen molar-refractivity contribution in [2.45, 2.75) is 13.8 Å². The number of benzene rings is 1. The molecule has 6 heteroatoms. The first kappa shape index (κ1) is 13.2. The van der Waals surface area contributed by atoms with Gasteiger partial charge in [-0.1, -0.05) is 6.07 Å². The zero-order chi connectivity index (χ0) is 13.8. The van der Waals surface area contributed by atoms with Crippen LogP contribution < -0.4 is 10.1 Å². The van der Waals surface area contributed by atoms with Gasteiger partial charge in [-0.05, 0) is 26.0 Å². The maximum absolute atomic E-state index is 13.5. The van der Waals surface area contributed by atoms with Crippen molar-refractivity contribution < 1.29 is 13.5 Å². The van der Waals surface area contributed by atoms with Crippen LogP contribution in [0.1, 0.15) is 12.6 Å². The fourth-order valence-electron chi connectivity index (χ4n) is 1.50. The Morgan fingerprint density at radius 1 is 1.26 bits per heavy atom. The van der Waals surface area contributed by atoms with E-state index in [2.05, 4.69) is 15.3 Å². The number of hydrogen-bond acceptors (Lipinski definition) is 4. The van der Waals surface area contributed by atoms with Gasteiger partial charge in [0.05, 0.1) is 0 Å². The first-order valence-corrected chi connectivity index (χ1v) is 5.81. The van der Waals surface area contributed by atoms with Gasteiger partial charge in [-0.3, -0.25) is 0 Å². The van der Waals surface area contributed by atoms with Gasteiger partial charge in [0.2, 0.25) is 17.6 Å². The molecule has 0 amide bonds. The number of nitrogens with zero attached hydrogens (tertiary/aromatic N) is 2. The Morgan fingerprint density at radius 3 is 2.79 bits per heavy atom. The molecule has 0 aliphatic carbocycles. The van der Waals surface area contributed by atoms with E-state index in [1.807, 2.05) is 6.92 Å². The minimum absolute atomic E-state index is 0.160. The molecule has 4 nitrogen and oxygen atoms in total. The van der Waals surface area contributed by atoms with Crippen LogP contribution in [0.5, 0.6) is 11.6 Å². The predicted molar refractivity (Wildman–Crippen MR) is 67.4 cm³/mol. The summed E-state index contributed by atoms with van der Waals surface area (Å²) < 4.78 is 31.8. The van der Waals surface area contributed by atoms with Crippen molar-refractivity contribution in [3.8, 4) is 11.6 Å². The van der Waals surface area contributed by atoms with E-state index >= 15 is 0 Å². The van der Waals surface area contributed by atoms with Crippen molar-refractivity contribution in [2.75, 3.05) is 11.9 Å². The monoisotopic (exact) mass is 265 g/mol. The molecule has 1 aromatic heterocycles. The maximum atomic E-state index is 13.5. The zero-order valence-corrected chi connectivity index (χ0v) is 10.6. The Kier molecular flexibility index (Phi) is 3.89. The Labute approximate surface area is 109 Å². The first-order chi connectivity index (χ1) is 9.10. The second-order valence-electron chi connectivity index (χ2n) is 3.86. The van der Waals surface area contributed by atoms with Gasteiger partial charge in [0.1, 0.15) is 0 Å². The summed E-state index contributed by atoms with van der Waals surface area (Å²) in [4.78, 5) is 8.19. The minimum Gasteiger partial charge on any atom is -0.436 e. The molecule has 2 rings (SSSR count). The molecule has 0 saturated heterocycles. The van der Waals surface area contributed by atoms with Crippen LogP contribution in [0.25, 0.3) is 0 Å². The molecule has 0 radical (unpaired) electrons. The van der Waals surface area contributed by atoms with Gasteiger partial charge in [0, 0.05) is 18.3 Å². The molecule has 0 bridgehead atoms. The molecular weight excluding hydrogens is 252 g/mol. The van der Waals surface area contributed by atoms with Gasteiger partial charge < -0.3 is 10.1 Å². The lowest BCUT2D eigenvalue weighted by molar-refractivity contribution is 0.405. The lowest BCUT2D eigenvalue weighted by Crippen LogP contribution is -2.04. The molecule has 100 valence electrons. The van der Waals surface area contributed by atoms with Crippen molar-refractivity contribution in [3.63, 3.8) is 0 Å². The fraction of sp³-hybridized carbons (Fsp3) is 0.231. The summed E-state index contributed by atoms with van der Waals surface area (Å²) in [6, 6.07) is 5.28. The number of nitrogens with one attached hydrogen (secondary N) is 1. The highest BCUT2D eigenvalue weighted by atomic mass is 19.2. The molecule has 0 unspecified atom stereocenters. The Balaban J connectivity index is 2.30. The second kappa shape index (κ2) is 5.60. The van der Waals surface area contributed by atoms with Crippen molar-refractivity contribution in [2.24, 2.45) is 0 Å². The summed E-state index contributed by atoms with van der Waals surface area (Å²) in [6.07, 6.45) is 0. The number of aryl methyl sites for hydroxylation is 1. The zero-order valence-electron chi connectivity index (χ0n) is 10.6. The predicted octanol–water partition coefficient (Wildman–Crippen LogP) is 3.29. The highest BCUT2D eigenvalue weighted by Crippen LogP contribution is 2.25. The fourth-order valence-corrected chi connectivity index (χ4v) is 1.50. The lowest BCUT2D eigenvalue weighted by Gasteiger charge is -2.09. The summed E-state index contributed by atoms with van der Waals surface area (Å²) in [7, 11) is 0. The molecular formula is C13H13F2N3O. The first-order valence-electron chi connectivity index (χ1n) is 5.81. The molecule has 1 N–H and O–H groups in total. The van der Waals surface area contributed by atoms with E-state index in [4.69, 9.17) is 4.74 Å². The highest BCUT2D eigenvalue weighted by molar-refractivity contribution is 5.34. The van der Waals surface area contributed by atoms with Gasteiger partial charge in [0.15, 0.2) is 11.6 Å². The average molecular weight is 265 g/mol. The maximum Gasteiger partial charge on any atom is 0.226 e. The normalized spacial score (nSPS) is 10.3. The van der Waals surface area contributed by atoms with E-state index in [0.717, 1.165) is 6.07 Å². The van der Waals surface area contributed by atoms with Crippen LogP contribution in [0.2, 0.25) is 0 Å². The van der Waals surface area contributed by atoms with Crippen LogP contribution >= 0.6 is 0 Å². The van der Waals surface area contributed by atoms with Gasteiger partial charge in [-0.15, -0.1) is 0 Å². The molecule has 0 aliphatic rings. The van der Waals surface area contributed by atoms with E-state index in [9.17, 15) is 8.78 Å². The number of anilines is 1. The lowest BCUT2D eigenvalue weighted by atomic mass is 10.3. The van der Waals surface area contributed by atoms with E-state index in [1.165, 1.54) is 12.1 Å². The molecule has 1 heterocycles. The third-order valence-corrected chi connectivity index (χ3v) is 2.30. The van der Waals surface area contributed by atoms with Crippen molar-refractivity contribution in [1.82, 2.24) is 9.97 Å². The number of rotatable bonds is 4. The molecule has 1 aromatic carbocycles. The van der Waals surface area contributed by atoms with Crippen LogP contribution in [-0.2, 0) is 0 Å². The molecule has 0 atom stereocenters. The van der Waals surface area contributed by atoms with Crippen molar-refractivity contribution in [1.29, 1.82) is 0 Å². The SMILES string of the molecule is CCNc1nc(C)cc(Oc2cccc(F)c2F)n1. The number of hydrogen-bond donors (Lipinski definition) is 1. The van der Waals surface area contributed by atoms with Gasteiger partial charge in [0.25, 0.3) is 0 Å². The van der Waals surface area contributed by atoms with Crippen molar-refractivity contribution in [3.05, 3.63) is 41.6 Å². The number of halogens is 2. The van der Waals surface area contributed by atoms with Crippen LogP contribution in [0.3, 0.4) is 0 Å². The van der Waals surface area contributed by atoms with E-state index in [1.54, 1.807) is 13.0 Å². The van der Waals surface area contributed by atoms with Crippen LogP contribution in [0, 0.1) is 18.6 Å². The molecule has 2 aromatic rings. The molecule has 19 heavy (non-hydrogen) atoms. The van der Waals surface area contributed by atoms with Gasteiger partial charge >= 0.3 is 0 Å². The minimum atomic E-state index is -1.04. The summed E-state index contributed by atoms with van der Waals surface area (Å²) in [5.74, 6) is -1.67. The van der Waals surface area contributed by atoms with Gasteiger partial charge in [-0.2, -0.15) is 9.37 Å². The largest absolute Gasteiger partial charge is 0.436 e. The smallest absolute Gasteiger partial charge is 0.226 e. The number of aromatic nitrogens is 2. The summed E-state index contributed by atoms with van der Waals surface area (Å²) in [6.45, 7) is 4.31. The Bertz CT molecular complexity index is 590. The quantitative estimate of drug-likeness (QED) is 0.921. The van der Waals surface area contributed by atoms with Crippen LogP contribution in [0.15, 0.2) is 24.3 Å². The summed E-state index contributed by atoms with van der Waals surface area (Å²) in [5, 5.41) is 2.93. The van der Waals surface area contributed by atoms with Crippen LogP contribution in [-0.4, -0.2) is 16.5 Å². The third-order valence-electron chi connectivity index (χ3n) is 2.30. The summed E-state index contributed by atoms with van der Waals surface area (Å²) >= 11 is 0. The Morgan fingerprint density at radius 2 is 2.05 bits per heavy atom. The second-order valence-corrected chi connectivity index (χ2v) is 3.86. The molecule has 0 aliphatic heterocycles. The highest BCUT2D eigenvalue weighted by Gasteiger charge is 2.11.